The van der Waals surface area contributed by atoms with Gasteiger partial charge in [-0.15, -0.1) is 0 Å². The molecule has 1 heterocycles. The van der Waals surface area contributed by atoms with E-state index in [0.29, 0.717) is 25.6 Å². The van der Waals surface area contributed by atoms with E-state index < -0.39 is 0 Å². The van der Waals surface area contributed by atoms with Crippen LogP contribution in [0.25, 0.3) is 0 Å². The van der Waals surface area contributed by atoms with Crippen LogP contribution in [0.15, 0.2) is 30.3 Å². The van der Waals surface area contributed by atoms with Crippen molar-refractivity contribution in [3.8, 4) is 0 Å². The number of carbonyl (C=O) groups excluding carboxylic acids is 2. The molecule has 2 rings (SSSR count). The average molecular weight is 304 g/mol. The topological polar surface area (TPSA) is 62.6 Å². The number of nitrogens with one attached hydrogen (secondary N) is 3. The Kier molecular flexibility index (Phi) is 5.95. The molecule has 120 valence electrons. The Balaban J connectivity index is 1.87. The lowest BCUT2D eigenvalue weighted by atomic mass is 9.96. The van der Waals surface area contributed by atoms with Crippen LogP contribution < -0.4 is 15.5 Å². The minimum Gasteiger partial charge on any atom is -0.350 e. The molecule has 5 nitrogen and oxygen atoms in total. The summed E-state index contributed by atoms with van der Waals surface area (Å²) in [6.07, 6.45) is 0.984. The second-order valence-corrected chi connectivity index (χ2v) is 5.92. The number of rotatable bonds is 6. The normalized spacial score (nSPS) is 20.8. The van der Waals surface area contributed by atoms with Gasteiger partial charge in [0.2, 0.25) is 0 Å². The van der Waals surface area contributed by atoms with Crippen LogP contribution in [0.5, 0.6) is 0 Å². The number of piperazine rings is 1. The highest BCUT2D eigenvalue weighted by molar-refractivity contribution is 5.81. The Morgan fingerprint density at radius 1 is 1.36 bits per heavy atom. The van der Waals surface area contributed by atoms with Crippen molar-refractivity contribution in [3.63, 3.8) is 0 Å². The highest BCUT2D eigenvalue weighted by Gasteiger charge is 2.29. The summed E-state index contributed by atoms with van der Waals surface area (Å²) in [5.41, 5.74) is 1.25. The molecule has 3 atom stereocenters. The van der Waals surface area contributed by atoms with Crippen molar-refractivity contribution in [1.82, 2.24) is 10.6 Å². The van der Waals surface area contributed by atoms with Gasteiger partial charge >= 0.3 is 0 Å². The van der Waals surface area contributed by atoms with Gasteiger partial charge in [-0.1, -0.05) is 37.3 Å². The summed E-state index contributed by atoms with van der Waals surface area (Å²) in [5.74, 6) is 0.382. The first-order chi connectivity index (χ1) is 10.6. The van der Waals surface area contributed by atoms with Gasteiger partial charge in [0.05, 0.1) is 13.1 Å². The molecule has 3 N–H and O–H groups in total. The zero-order chi connectivity index (χ0) is 15.9. The lowest BCUT2D eigenvalue weighted by Gasteiger charge is -2.28. The molecular formula is C17H26N3O2+. The van der Waals surface area contributed by atoms with Gasteiger partial charge < -0.3 is 15.5 Å². The molecule has 0 spiro atoms. The third kappa shape index (κ3) is 4.31. The Bertz CT molecular complexity index is 504. The second-order valence-electron chi connectivity index (χ2n) is 5.92. The predicted octanol–water partition coefficient (Wildman–Crippen LogP) is -0.300. The summed E-state index contributed by atoms with van der Waals surface area (Å²) >= 11 is 0. The molecular weight excluding hydrogens is 278 g/mol. The van der Waals surface area contributed by atoms with Gasteiger partial charge in [0.1, 0.15) is 0 Å². The maximum Gasteiger partial charge on any atom is 0.278 e. The quantitative estimate of drug-likeness (QED) is 0.676. The van der Waals surface area contributed by atoms with Crippen LogP contribution >= 0.6 is 0 Å². The van der Waals surface area contributed by atoms with Crippen LogP contribution in [0, 0.1) is 0 Å². The molecule has 22 heavy (non-hydrogen) atoms. The molecule has 2 amide bonds. The van der Waals surface area contributed by atoms with Gasteiger partial charge in [-0.05, 0) is 18.9 Å². The zero-order valence-corrected chi connectivity index (χ0v) is 13.4. The molecule has 1 aromatic carbocycles. The van der Waals surface area contributed by atoms with E-state index in [-0.39, 0.29) is 17.9 Å². The molecule has 0 aliphatic carbocycles. The molecule has 0 radical (unpaired) electrons. The first kappa shape index (κ1) is 16.5. The van der Waals surface area contributed by atoms with Crippen molar-refractivity contribution in [2.75, 3.05) is 26.2 Å². The average Bonchev–Trinajstić information content (AvgIpc) is 2.55. The first-order valence-corrected chi connectivity index (χ1v) is 8.05. The summed E-state index contributed by atoms with van der Waals surface area (Å²) in [7, 11) is 0. The van der Waals surface area contributed by atoms with E-state index in [1.807, 2.05) is 25.1 Å². The summed E-state index contributed by atoms with van der Waals surface area (Å²) < 4.78 is 0. The van der Waals surface area contributed by atoms with E-state index in [0.717, 1.165) is 17.9 Å². The molecule has 0 bridgehead atoms. The number of hydrogen-bond acceptors (Lipinski definition) is 2. The number of amides is 2. The van der Waals surface area contributed by atoms with E-state index >= 15 is 0 Å². The van der Waals surface area contributed by atoms with Crippen LogP contribution in [0.2, 0.25) is 0 Å². The van der Waals surface area contributed by atoms with Gasteiger partial charge in [0.25, 0.3) is 11.8 Å². The highest BCUT2D eigenvalue weighted by Crippen LogP contribution is 2.17. The fourth-order valence-corrected chi connectivity index (χ4v) is 2.87. The van der Waals surface area contributed by atoms with E-state index in [1.54, 1.807) is 0 Å². The molecule has 1 aliphatic heterocycles. The molecule has 0 aromatic heterocycles. The van der Waals surface area contributed by atoms with Crippen molar-refractivity contribution in [1.29, 1.82) is 0 Å². The summed E-state index contributed by atoms with van der Waals surface area (Å²) in [6.45, 7) is 6.50. The van der Waals surface area contributed by atoms with E-state index in [2.05, 4.69) is 29.7 Å². The van der Waals surface area contributed by atoms with E-state index in [9.17, 15) is 9.59 Å². The molecule has 1 unspecified atom stereocenters. The second kappa shape index (κ2) is 7.94. The smallest absolute Gasteiger partial charge is 0.278 e. The highest BCUT2D eigenvalue weighted by atomic mass is 16.2. The maximum atomic E-state index is 12.3. The molecule has 5 heteroatoms. The zero-order valence-electron chi connectivity index (χ0n) is 13.4. The standard InChI is InChI=1S/C17H25N3O2/c1-3-14(15-7-5-4-6-8-15)11-19-17(22)13(2)20-10-9-18-16(21)12-20/h4-8,13-14H,3,9-12H2,1-2H3,(H,18,21)(H,19,22)/p+1/t13-,14-/m1/s1. The van der Waals surface area contributed by atoms with Gasteiger partial charge in [-0.3, -0.25) is 9.59 Å². The largest absolute Gasteiger partial charge is 0.350 e. The Morgan fingerprint density at radius 2 is 2.09 bits per heavy atom. The molecule has 1 fully saturated rings. The molecule has 0 saturated carbocycles. The van der Waals surface area contributed by atoms with Crippen molar-refractivity contribution in [3.05, 3.63) is 35.9 Å². The monoisotopic (exact) mass is 304 g/mol. The summed E-state index contributed by atoms with van der Waals surface area (Å²) in [6, 6.07) is 10.1. The number of benzene rings is 1. The predicted molar refractivity (Wildman–Crippen MR) is 85.7 cm³/mol. The maximum absolute atomic E-state index is 12.3. The van der Waals surface area contributed by atoms with Crippen LogP contribution in [0.3, 0.4) is 0 Å². The minimum absolute atomic E-state index is 0.0246. The number of quaternary nitrogens is 1. The Labute approximate surface area is 132 Å². The Morgan fingerprint density at radius 3 is 2.73 bits per heavy atom. The minimum atomic E-state index is -0.195. The SMILES string of the molecule is CC[C@H](CNC(=O)[C@@H](C)[NH+]1CCNC(=O)C1)c1ccccc1. The van der Waals surface area contributed by atoms with Crippen molar-refractivity contribution in [2.24, 2.45) is 0 Å². The number of hydrogen-bond donors (Lipinski definition) is 3. The molecule has 1 saturated heterocycles. The van der Waals surface area contributed by atoms with Gasteiger partial charge in [0, 0.05) is 12.5 Å². The van der Waals surface area contributed by atoms with E-state index in [4.69, 9.17) is 0 Å². The summed E-state index contributed by atoms with van der Waals surface area (Å²) in [4.78, 5) is 24.8. The van der Waals surface area contributed by atoms with Crippen molar-refractivity contribution >= 4 is 11.8 Å². The number of carbonyl (C=O) groups is 2. The molecule has 1 aromatic rings. The fraction of sp³-hybridized carbons (Fsp3) is 0.529. The third-order valence-corrected chi connectivity index (χ3v) is 4.45. The van der Waals surface area contributed by atoms with Crippen LogP contribution in [0.1, 0.15) is 31.7 Å². The first-order valence-electron chi connectivity index (χ1n) is 8.05. The molecule has 1 aliphatic rings. The lowest BCUT2D eigenvalue weighted by Crippen LogP contribution is -3.19. The van der Waals surface area contributed by atoms with Gasteiger partial charge in [-0.25, -0.2) is 0 Å². The van der Waals surface area contributed by atoms with Gasteiger partial charge in [-0.2, -0.15) is 0 Å². The summed E-state index contributed by atoms with van der Waals surface area (Å²) in [5, 5.41) is 5.85. The van der Waals surface area contributed by atoms with Crippen LogP contribution in [-0.2, 0) is 9.59 Å². The third-order valence-electron chi connectivity index (χ3n) is 4.45. The van der Waals surface area contributed by atoms with Gasteiger partial charge in [0.15, 0.2) is 12.6 Å². The lowest BCUT2D eigenvalue weighted by molar-refractivity contribution is -0.907. The van der Waals surface area contributed by atoms with E-state index in [1.165, 1.54) is 5.56 Å². The Hall–Kier alpha value is -1.88. The van der Waals surface area contributed by atoms with Crippen molar-refractivity contribution < 1.29 is 14.5 Å². The fourth-order valence-electron chi connectivity index (χ4n) is 2.87. The van der Waals surface area contributed by atoms with Crippen LogP contribution in [0.4, 0.5) is 0 Å². The van der Waals surface area contributed by atoms with Crippen molar-refractivity contribution in [2.45, 2.75) is 32.2 Å². The van der Waals surface area contributed by atoms with Crippen LogP contribution in [-0.4, -0.2) is 44.0 Å².